The van der Waals surface area contributed by atoms with Gasteiger partial charge < -0.3 is 24.1 Å². The van der Waals surface area contributed by atoms with E-state index in [-0.39, 0.29) is 0 Å². The van der Waals surface area contributed by atoms with Crippen molar-refractivity contribution < 1.29 is 14.2 Å². The number of benzene rings is 2. The quantitative estimate of drug-likeness (QED) is 0.709. The van der Waals surface area contributed by atoms with Gasteiger partial charge in [0.15, 0.2) is 11.5 Å². The van der Waals surface area contributed by atoms with E-state index >= 15 is 0 Å². The van der Waals surface area contributed by atoms with Crippen LogP contribution in [-0.4, -0.2) is 23.5 Å². The van der Waals surface area contributed by atoms with Gasteiger partial charge in [-0.15, -0.1) is 0 Å². The van der Waals surface area contributed by atoms with Crippen molar-refractivity contribution in [2.45, 2.75) is 19.6 Å². The molecule has 0 fully saturated rings. The number of fused-ring (bicyclic) bond motifs is 1. The lowest BCUT2D eigenvalue weighted by molar-refractivity contribution is 0.174. The second kappa shape index (κ2) is 7.49. The molecule has 0 amide bonds. The third kappa shape index (κ3) is 3.65. The Morgan fingerprint density at radius 1 is 1.08 bits per heavy atom. The molecule has 0 unspecified atom stereocenters. The van der Waals surface area contributed by atoms with Gasteiger partial charge >= 0.3 is 0 Å². The molecule has 0 saturated heterocycles. The Morgan fingerprint density at radius 3 is 2.69 bits per heavy atom. The van der Waals surface area contributed by atoms with Crippen LogP contribution in [0.4, 0.5) is 0 Å². The topological polar surface area (TPSA) is 57.5 Å². The molecule has 1 N–H and O–H groups in total. The summed E-state index contributed by atoms with van der Waals surface area (Å²) in [5.41, 5.74) is 3.51. The molecule has 6 nitrogen and oxygen atoms in total. The summed E-state index contributed by atoms with van der Waals surface area (Å²) >= 11 is 0. The first kappa shape index (κ1) is 16.5. The van der Waals surface area contributed by atoms with E-state index in [1.165, 1.54) is 11.1 Å². The fraction of sp³-hybridized carbons (Fsp3) is 0.250. The van der Waals surface area contributed by atoms with Gasteiger partial charge in [-0.1, -0.05) is 12.1 Å². The predicted molar refractivity (Wildman–Crippen MR) is 97.4 cm³/mol. The van der Waals surface area contributed by atoms with Gasteiger partial charge in [0.25, 0.3) is 0 Å². The lowest BCUT2D eigenvalue weighted by Crippen LogP contribution is -2.13. The zero-order valence-corrected chi connectivity index (χ0v) is 14.6. The lowest BCUT2D eigenvalue weighted by Gasteiger charge is -2.12. The van der Waals surface area contributed by atoms with Gasteiger partial charge in [0, 0.05) is 31.0 Å². The molecule has 0 atom stereocenters. The maximum absolute atomic E-state index is 5.49. The number of hydrogen-bond donors (Lipinski definition) is 1. The Hall–Kier alpha value is -2.99. The molecule has 1 aromatic heterocycles. The standard InChI is InChI=1S/C20H21N3O3/c1-24-18-4-2-15(8-17(18)12-23-7-6-21-13-23)10-22-11-16-3-5-19-20(9-16)26-14-25-19/h2-9,13,22H,10-12,14H2,1H3. The Morgan fingerprint density at radius 2 is 1.88 bits per heavy atom. The molecule has 0 aliphatic carbocycles. The molecule has 2 heterocycles. The minimum Gasteiger partial charge on any atom is -0.496 e. The Kier molecular flexibility index (Phi) is 4.75. The first-order valence-corrected chi connectivity index (χ1v) is 8.52. The third-order valence-electron chi connectivity index (χ3n) is 4.35. The number of aromatic nitrogens is 2. The fourth-order valence-corrected chi connectivity index (χ4v) is 3.04. The average Bonchev–Trinajstić information content (AvgIpc) is 3.33. The van der Waals surface area contributed by atoms with Crippen molar-refractivity contribution in [3.63, 3.8) is 0 Å². The zero-order chi connectivity index (χ0) is 17.8. The monoisotopic (exact) mass is 351 g/mol. The maximum Gasteiger partial charge on any atom is 0.231 e. The van der Waals surface area contributed by atoms with Crippen LogP contribution in [0.15, 0.2) is 55.1 Å². The van der Waals surface area contributed by atoms with Gasteiger partial charge in [-0.2, -0.15) is 0 Å². The molecule has 26 heavy (non-hydrogen) atoms. The SMILES string of the molecule is COc1ccc(CNCc2ccc3c(c2)OCO3)cc1Cn1ccnc1. The Bertz CT molecular complexity index is 878. The van der Waals surface area contributed by atoms with Gasteiger partial charge in [0.1, 0.15) is 5.75 Å². The highest BCUT2D eigenvalue weighted by Crippen LogP contribution is 2.32. The van der Waals surface area contributed by atoms with Gasteiger partial charge in [-0.25, -0.2) is 4.98 Å². The smallest absolute Gasteiger partial charge is 0.231 e. The Labute approximate surface area is 152 Å². The number of methoxy groups -OCH3 is 1. The summed E-state index contributed by atoms with van der Waals surface area (Å²) in [6.07, 6.45) is 5.54. The minimum absolute atomic E-state index is 0.303. The van der Waals surface area contributed by atoms with Crippen LogP contribution in [0.2, 0.25) is 0 Å². The highest BCUT2D eigenvalue weighted by Gasteiger charge is 2.13. The maximum atomic E-state index is 5.49. The van der Waals surface area contributed by atoms with Crippen LogP contribution in [0.25, 0.3) is 0 Å². The summed E-state index contributed by atoms with van der Waals surface area (Å²) < 4.78 is 18.3. The van der Waals surface area contributed by atoms with E-state index in [4.69, 9.17) is 14.2 Å². The molecular weight excluding hydrogens is 330 g/mol. The normalized spacial score (nSPS) is 12.3. The van der Waals surface area contributed by atoms with E-state index < -0.39 is 0 Å². The van der Waals surface area contributed by atoms with Gasteiger partial charge in [-0.05, 0) is 35.4 Å². The largest absolute Gasteiger partial charge is 0.496 e. The second-order valence-electron chi connectivity index (χ2n) is 6.17. The van der Waals surface area contributed by atoms with Crippen LogP contribution in [0.5, 0.6) is 17.2 Å². The molecule has 4 rings (SSSR count). The van der Waals surface area contributed by atoms with Crippen LogP contribution < -0.4 is 19.5 Å². The van der Waals surface area contributed by atoms with Crippen LogP contribution in [0, 0.1) is 0 Å². The average molecular weight is 351 g/mol. The van der Waals surface area contributed by atoms with E-state index in [0.29, 0.717) is 6.79 Å². The summed E-state index contributed by atoms with van der Waals surface area (Å²) in [6.45, 7) is 2.58. The molecule has 0 spiro atoms. The van der Waals surface area contributed by atoms with Crippen molar-refractivity contribution in [2.24, 2.45) is 0 Å². The number of hydrogen-bond acceptors (Lipinski definition) is 5. The fourth-order valence-electron chi connectivity index (χ4n) is 3.04. The van der Waals surface area contributed by atoms with E-state index in [1.807, 2.05) is 35.3 Å². The van der Waals surface area contributed by atoms with Crippen LogP contribution in [0.3, 0.4) is 0 Å². The minimum atomic E-state index is 0.303. The number of nitrogens with zero attached hydrogens (tertiary/aromatic N) is 2. The molecule has 1 aliphatic heterocycles. The van der Waals surface area contributed by atoms with Crippen molar-refractivity contribution in [1.29, 1.82) is 0 Å². The molecular formula is C20H21N3O3. The summed E-state index contributed by atoms with van der Waals surface area (Å²) in [5, 5.41) is 3.48. The first-order chi connectivity index (χ1) is 12.8. The number of imidazole rings is 1. The molecule has 0 radical (unpaired) electrons. The molecule has 134 valence electrons. The molecule has 6 heteroatoms. The van der Waals surface area contributed by atoms with Gasteiger partial charge in [-0.3, -0.25) is 0 Å². The van der Waals surface area contributed by atoms with E-state index in [9.17, 15) is 0 Å². The van der Waals surface area contributed by atoms with Crippen molar-refractivity contribution in [1.82, 2.24) is 14.9 Å². The van der Waals surface area contributed by atoms with Crippen molar-refractivity contribution in [3.05, 3.63) is 71.8 Å². The lowest BCUT2D eigenvalue weighted by atomic mass is 10.1. The zero-order valence-electron chi connectivity index (χ0n) is 14.6. The summed E-state index contributed by atoms with van der Waals surface area (Å²) in [5.74, 6) is 2.52. The number of ether oxygens (including phenoxy) is 3. The van der Waals surface area contributed by atoms with Crippen LogP contribution in [0.1, 0.15) is 16.7 Å². The van der Waals surface area contributed by atoms with Crippen molar-refractivity contribution in [2.75, 3.05) is 13.9 Å². The number of rotatable bonds is 7. The molecule has 0 bridgehead atoms. The molecule has 0 saturated carbocycles. The summed E-state index contributed by atoms with van der Waals surface area (Å²) in [4.78, 5) is 4.09. The van der Waals surface area contributed by atoms with Gasteiger partial charge in [0.2, 0.25) is 6.79 Å². The van der Waals surface area contributed by atoms with Crippen molar-refractivity contribution in [3.8, 4) is 17.2 Å². The second-order valence-corrected chi connectivity index (χ2v) is 6.17. The van der Waals surface area contributed by atoms with Gasteiger partial charge in [0.05, 0.1) is 20.0 Å². The van der Waals surface area contributed by atoms with E-state index in [1.54, 1.807) is 13.3 Å². The Balaban J connectivity index is 1.40. The molecule has 3 aromatic rings. The third-order valence-corrected chi connectivity index (χ3v) is 4.35. The highest BCUT2D eigenvalue weighted by atomic mass is 16.7. The number of nitrogens with one attached hydrogen (secondary N) is 1. The molecule has 1 aliphatic rings. The van der Waals surface area contributed by atoms with Crippen LogP contribution in [-0.2, 0) is 19.6 Å². The highest BCUT2D eigenvalue weighted by molar-refractivity contribution is 5.44. The van der Waals surface area contributed by atoms with E-state index in [0.717, 1.165) is 42.4 Å². The van der Waals surface area contributed by atoms with E-state index in [2.05, 4.69) is 28.5 Å². The first-order valence-electron chi connectivity index (χ1n) is 8.52. The molecule has 2 aromatic carbocycles. The summed E-state index contributed by atoms with van der Waals surface area (Å²) in [6, 6.07) is 12.3. The predicted octanol–water partition coefficient (Wildman–Crippen LogP) is 2.96. The van der Waals surface area contributed by atoms with Crippen molar-refractivity contribution >= 4 is 0 Å². The summed E-state index contributed by atoms with van der Waals surface area (Å²) in [7, 11) is 1.70. The van der Waals surface area contributed by atoms with Crippen LogP contribution >= 0.6 is 0 Å².